The van der Waals surface area contributed by atoms with Crippen LogP contribution in [0.4, 0.5) is 4.39 Å². The van der Waals surface area contributed by atoms with Crippen LogP contribution in [0.25, 0.3) is 0 Å². The molecule has 4 heteroatoms. The standard InChI is InChI=1S/C13H20FNO2/c1-2-6-16-7-8-17-13(10-15)11-4-3-5-12(14)9-11/h3-5,9,13H,2,6-8,10,15H2,1H3. The van der Waals surface area contributed by atoms with Gasteiger partial charge in [0.05, 0.1) is 19.3 Å². The Morgan fingerprint density at radius 2 is 2.12 bits per heavy atom. The fourth-order valence-electron chi connectivity index (χ4n) is 1.50. The second-order valence-electron chi connectivity index (χ2n) is 3.76. The average molecular weight is 241 g/mol. The van der Waals surface area contributed by atoms with Gasteiger partial charge in [0, 0.05) is 13.2 Å². The van der Waals surface area contributed by atoms with Crippen LogP contribution >= 0.6 is 0 Å². The van der Waals surface area contributed by atoms with Crippen LogP contribution in [0.5, 0.6) is 0 Å². The van der Waals surface area contributed by atoms with Crippen molar-refractivity contribution >= 4 is 0 Å². The molecule has 0 fully saturated rings. The zero-order chi connectivity index (χ0) is 12.5. The van der Waals surface area contributed by atoms with E-state index in [9.17, 15) is 4.39 Å². The minimum atomic E-state index is -0.271. The highest BCUT2D eigenvalue weighted by molar-refractivity contribution is 5.19. The highest BCUT2D eigenvalue weighted by Gasteiger charge is 2.10. The van der Waals surface area contributed by atoms with Crippen LogP contribution in [0.1, 0.15) is 25.0 Å². The molecule has 1 aromatic rings. The van der Waals surface area contributed by atoms with Crippen molar-refractivity contribution in [1.29, 1.82) is 0 Å². The molecule has 0 amide bonds. The highest BCUT2D eigenvalue weighted by atomic mass is 19.1. The zero-order valence-corrected chi connectivity index (χ0v) is 10.2. The van der Waals surface area contributed by atoms with Crippen LogP contribution in [0, 0.1) is 5.82 Å². The number of ether oxygens (including phenoxy) is 2. The molecule has 1 aromatic carbocycles. The largest absolute Gasteiger partial charge is 0.379 e. The first-order valence-corrected chi connectivity index (χ1v) is 5.92. The molecule has 1 rings (SSSR count). The Morgan fingerprint density at radius 3 is 2.76 bits per heavy atom. The van der Waals surface area contributed by atoms with Gasteiger partial charge in [0.25, 0.3) is 0 Å². The predicted octanol–water partition coefficient (Wildman–Crippen LogP) is 2.27. The molecule has 0 aliphatic carbocycles. The van der Waals surface area contributed by atoms with Crippen LogP contribution in [-0.2, 0) is 9.47 Å². The SMILES string of the molecule is CCCOCCOC(CN)c1cccc(F)c1. The van der Waals surface area contributed by atoms with Crippen LogP contribution in [-0.4, -0.2) is 26.4 Å². The van der Waals surface area contributed by atoms with Crippen molar-refractivity contribution in [3.63, 3.8) is 0 Å². The van der Waals surface area contributed by atoms with Crippen LogP contribution < -0.4 is 5.73 Å². The second-order valence-corrected chi connectivity index (χ2v) is 3.76. The molecule has 0 aromatic heterocycles. The lowest BCUT2D eigenvalue weighted by Gasteiger charge is -2.16. The predicted molar refractivity (Wildman–Crippen MR) is 65.3 cm³/mol. The maximum absolute atomic E-state index is 13.0. The Morgan fingerprint density at radius 1 is 1.29 bits per heavy atom. The summed E-state index contributed by atoms with van der Waals surface area (Å²) in [5.74, 6) is -0.271. The summed E-state index contributed by atoms with van der Waals surface area (Å²) in [7, 11) is 0. The van der Waals surface area contributed by atoms with Gasteiger partial charge in [-0.25, -0.2) is 4.39 Å². The average Bonchev–Trinajstić information content (AvgIpc) is 2.34. The van der Waals surface area contributed by atoms with E-state index in [2.05, 4.69) is 6.92 Å². The van der Waals surface area contributed by atoms with E-state index in [0.717, 1.165) is 18.6 Å². The van der Waals surface area contributed by atoms with E-state index in [1.165, 1.54) is 12.1 Å². The molecule has 2 N–H and O–H groups in total. The third-order valence-electron chi connectivity index (χ3n) is 2.33. The number of halogens is 1. The molecule has 0 bridgehead atoms. The van der Waals surface area contributed by atoms with Gasteiger partial charge < -0.3 is 15.2 Å². The van der Waals surface area contributed by atoms with Gasteiger partial charge in [-0.05, 0) is 24.1 Å². The molecule has 0 saturated heterocycles. The fraction of sp³-hybridized carbons (Fsp3) is 0.538. The molecule has 3 nitrogen and oxygen atoms in total. The third-order valence-corrected chi connectivity index (χ3v) is 2.33. The van der Waals surface area contributed by atoms with Crippen molar-refractivity contribution in [1.82, 2.24) is 0 Å². The summed E-state index contributed by atoms with van der Waals surface area (Å²) in [5.41, 5.74) is 6.37. The van der Waals surface area contributed by atoms with Crippen LogP contribution in [0.2, 0.25) is 0 Å². The van der Waals surface area contributed by atoms with Crippen LogP contribution in [0.15, 0.2) is 24.3 Å². The Hall–Kier alpha value is -0.970. The lowest BCUT2D eigenvalue weighted by atomic mass is 10.1. The number of hydrogen-bond donors (Lipinski definition) is 1. The summed E-state index contributed by atoms with van der Waals surface area (Å²) >= 11 is 0. The first-order chi connectivity index (χ1) is 8.27. The van der Waals surface area contributed by atoms with Crippen molar-refractivity contribution in [2.45, 2.75) is 19.4 Å². The van der Waals surface area contributed by atoms with Gasteiger partial charge in [0.15, 0.2) is 0 Å². The lowest BCUT2D eigenvalue weighted by Crippen LogP contribution is -2.18. The minimum absolute atomic E-state index is 0.268. The summed E-state index contributed by atoms with van der Waals surface area (Å²) in [6.45, 7) is 4.13. The van der Waals surface area contributed by atoms with E-state index < -0.39 is 0 Å². The number of hydrogen-bond acceptors (Lipinski definition) is 3. The quantitative estimate of drug-likeness (QED) is 0.710. The van der Waals surface area contributed by atoms with E-state index in [0.29, 0.717) is 19.8 Å². The first-order valence-electron chi connectivity index (χ1n) is 5.92. The Labute approximate surface area is 102 Å². The van der Waals surface area contributed by atoms with Crippen LogP contribution in [0.3, 0.4) is 0 Å². The molecule has 96 valence electrons. The van der Waals surface area contributed by atoms with E-state index >= 15 is 0 Å². The smallest absolute Gasteiger partial charge is 0.123 e. The molecule has 0 spiro atoms. The van der Waals surface area contributed by atoms with E-state index in [-0.39, 0.29) is 11.9 Å². The molecule has 0 aliphatic rings. The molecule has 0 saturated carbocycles. The van der Waals surface area contributed by atoms with Gasteiger partial charge >= 0.3 is 0 Å². The Bertz CT molecular complexity index is 320. The molecule has 17 heavy (non-hydrogen) atoms. The second kappa shape index (κ2) is 8.17. The molecule has 0 heterocycles. The number of benzene rings is 1. The summed E-state index contributed by atoms with van der Waals surface area (Å²) < 4.78 is 23.9. The molecule has 1 atom stereocenters. The monoisotopic (exact) mass is 241 g/mol. The number of nitrogens with two attached hydrogens (primary N) is 1. The Balaban J connectivity index is 2.38. The molecule has 0 radical (unpaired) electrons. The van der Waals surface area contributed by atoms with Gasteiger partial charge in [-0.15, -0.1) is 0 Å². The van der Waals surface area contributed by atoms with E-state index in [4.69, 9.17) is 15.2 Å². The molecular weight excluding hydrogens is 221 g/mol. The van der Waals surface area contributed by atoms with Crippen molar-refractivity contribution in [2.24, 2.45) is 5.73 Å². The van der Waals surface area contributed by atoms with Gasteiger partial charge in [-0.2, -0.15) is 0 Å². The fourth-order valence-corrected chi connectivity index (χ4v) is 1.50. The van der Waals surface area contributed by atoms with Crippen molar-refractivity contribution < 1.29 is 13.9 Å². The number of rotatable bonds is 8. The summed E-state index contributed by atoms with van der Waals surface area (Å²) in [5, 5.41) is 0. The van der Waals surface area contributed by atoms with Crippen molar-refractivity contribution in [3.05, 3.63) is 35.6 Å². The highest BCUT2D eigenvalue weighted by Crippen LogP contribution is 2.16. The van der Waals surface area contributed by atoms with Crippen molar-refractivity contribution in [2.75, 3.05) is 26.4 Å². The van der Waals surface area contributed by atoms with E-state index in [1.54, 1.807) is 6.07 Å². The lowest BCUT2D eigenvalue weighted by molar-refractivity contribution is 0.00755. The Kier molecular flexibility index (Phi) is 6.77. The summed E-state index contributed by atoms with van der Waals surface area (Å²) in [6.07, 6.45) is 0.723. The maximum atomic E-state index is 13.0. The molecular formula is C13H20FNO2. The summed E-state index contributed by atoms with van der Waals surface area (Å²) in [6, 6.07) is 6.32. The maximum Gasteiger partial charge on any atom is 0.123 e. The summed E-state index contributed by atoms with van der Waals surface area (Å²) in [4.78, 5) is 0. The van der Waals surface area contributed by atoms with Gasteiger partial charge in [-0.1, -0.05) is 19.1 Å². The van der Waals surface area contributed by atoms with E-state index in [1.807, 2.05) is 6.07 Å². The van der Waals surface area contributed by atoms with Gasteiger partial charge in [-0.3, -0.25) is 0 Å². The van der Waals surface area contributed by atoms with Crippen molar-refractivity contribution in [3.8, 4) is 0 Å². The third kappa shape index (κ3) is 5.26. The van der Waals surface area contributed by atoms with Gasteiger partial charge in [0.2, 0.25) is 0 Å². The molecule has 1 unspecified atom stereocenters. The first kappa shape index (κ1) is 14.1. The topological polar surface area (TPSA) is 44.5 Å². The van der Waals surface area contributed by atoms with Gasteiger partial charge in [0.1, 0.15) is 5.82 Å². The zero-order valence-electron chi connectivity index (χ0n) is 10.2. The normalized spacial score (nSPS) is 12.6. The molecule has 0 aliphatic heterocycles. The minimum Gasteiger partial charge on any atom is -0.379 e.